The maximum atomic E-state index is 12.1. The number of aromatic nitrogens is 2. The maximum Gasteiger partial charge on any atom is 0.323 e. The normalized spacial score (nSPS) is 13.8. The van der Waals surface area contributed by atoms with Crippen LogP contribution in [0.2, 0.25) is 0 Å². The van der Waals surface area contributed by atoms with E-state index in [0.717, 1.165) is 0 Å². The standard InChI is InChI=1S/C15H18N2O4/c1-3-15(13(18)19,14(20)21-4-2)9-11-10-17-8-6-5-7-12(17)16-11/h5-8,10H,3-4,9H2,1-2H3,(H,18,19). The lowest BCUT2D eigenvalue weighted by atomic mass is 9.80. The van der Waals surface area contributed by atoms with E-state index in [1.54, 1.807) is 24.4 Å². The first-order valence-electron chi connectivity index (χ1n) is 6.86. The highest BCUT2D eigenvalue weighted by molar-refractivity contribution is 5.99. The maximum absolute atomic E-state index is 12.1. The first-order valence-corrected chi connectivity index (χ1v) is 6.86. The van der Waals surface area contributed by atoms with Crippen molar-refractivity contribution >= 4 is 17.6 Å². The van der Waals surface area contributed by atoms with Gasteiger partial charge in [-0.1, -0.05) is 13.0 Å². The van der Waals surface area contributed by atoms with Gasteiger partial charge in [-0.25, -0.2) is 4.98 Å². The van der Waals surface area contributed by atoms with Gasteiger partial charge >= 0.3 is 11.9 Å². The zero-order chi connectivity index (χ0) is 15.5. The lowest BCUT2D eigenvalue weighted by Gasteiger charge is -2.24. The number of ether oxygens (including phenoxy) is 1. The van der Waals surface area contributed by atoms with Crippen molar-refractivity contribution in [1.82, 2.24) is 9.38 Å². The number of carboxylic acid groups (broad SMARTS) is 1. The molecular formula is C15H18N2O4. The van der Waals surface area contributed by atoms with Crippen LogP contribution in [0.4, 0.5) is 0 Å². The molecule has 0 aromatic carbocycles. The average molecular weight is 290 g/mol. The Morgan fingerprint density at radius 1 is 1.38 bits per heavy atom. The Labute approximate surface area is 122 Å². The van der Waals surface area contributed by atoms with Crippen LogP contribution >= 0.6 is 0 Å². The van der Waals surface area contributed by atoms with Crippen LogP contribution in [0.3, 0.4) is 0 Å². The van der Waals surface area contributed by atoms with E-state index in [0.29, 0.717) is 11.3 Å². The van der Waals surface area contributed by atoms with Gasteiger partial charge < -0.3 is 14.2 Å². The number of aliphatic carboxylic acids is 1. The summed E-state index contributed by atoms with van der Waals surface area (Å²) in [5, 5.41) is 9.52. The number of rotatable bonds is 6. The number of carbonyl (C=O) groups is 2. The summed E-state index contributed by atoms with van der Waals surface area (Å²) in [6.07, 6.45) is 3.72. The third kappa shape index (κ3) is 2.74. The van der Waals surface area contributed by atoms with Gasteiger partial charge in [0.1, 0.15) is 5.65 Å². The van der Waals surface area contributed by atoms with Crippen LogP contribution in [0.1, 0.15) is 26.0 Å². The monoisotopic (exact) mass is 290 g/mol. The van der Waals surface area contributed by atoms with Crippen molar-refractivity contribution < 1.29 is 19.4 Å². The van der Waals surface area contributed by atoms with Gasteiger partial charge in [0.15, 0.2) is 5.41 Å². The Morgan fingerprint density at radius 2 is 2.14 bits per heavy atom. The number of carboxylic acids is 1. The molecular weight excluding hydrogens is 272 g/mol. The highest BCUT2D eigenvalue weighted by Gasteiger charge is 2.46. The molecule has 1 unspecified atom stereocenters. The minimum atomic E-state index is -1.59. The molecule has 6 nitrogen and oxygen atoms in total. The van der Waals surface area contributed by atoms with E-state index >= 15 is 0 Å². The van der Waals surface area contributed by atoms with E-state index < -0.39 is 17.4 Å². The lowest BCUT2D eigenvalue weighted by molar-refractivity contribution is -0.169. The molecule has 21 heavy (non-hydrogen) atoms. The minimum absolute atomic E-state index is 0.0132. The highest BCUT2D eigenvalue weighted by atomic mass is 16.5. The molecule has 0 saturated heterocycles. The van der Waals surface area contributed by atoms with E-state index in [1.165, 1.54) is 0 Å². The SMILES string of the molecule is CCOC(=O)C(CC)(Cc1cn2ccccc2n1)C(=O)O. The smallest absolute Gasteiger partial charge is 0.323 e. The van der Waals surface area contributed by atoms with Crippen molar-refractivity contribution in [3.05, 3.63) is 36.3 Å². The van der Waals surface area contributed by atoms with Gasteiger partial charge in [0.25, 0.3) is 0 Å². The Kier molecular flexibility index (Phi) is 4.26. The zero-order valence-corrected chi connectivity index (χ0v) is 12.1. The van der Waals surface area contributed by atoms with Crippen LogP contribution in [-0.4, -0.2) is 33.0 Å². The summed E-state index contributed by atoms with van der Waals surface area (Å²) in [7, 11) is 0. The summed E-state index contributed by atoms with van der Waals surface area (Å²) in [5.74, 6) is -1.89. The fourth-order valence-corrected chi connectivity index (χ4v) is 2.31. The van der Waals surface area contributed by atoms with Gasteiger partial charge in [-0.3, -0.25) is 9.59 Å². The molecule has 0 fully saturated rings. The van der Waals surface area contributed by atoms with E-state index in [1.807, 2.05) is 24.4 Å². The van der Waals surface area contributed by atoms with E-state index in [2.05, 4.69) is 4.98 Å². The van der Waals surface area contributed by atoms with Crippen molar-refractivity contribution in [3.63, 3.8) is 0 Å². The van der Waals surface area contributed by atoms with Crippen molar-refractivity contribution in [1.29, 1.82) is 0 Å². The average Bonchev–Trinajstić information content (AvgIpc) is 2.86. The highest BCUT2D eigenvalue weighted by Crippen LogP contribution is 2.29. The number of imidazole rings is 1. The first kappa shape index (κ1) is 15.0. The molecule has 2 aromatic heterocycles. The minimum Gasteiger partial charge on any atom is -0.480 e. The third-order valence-corrected chi connectivity index (χ3v) is 3.58. The number of fused-ring (bicyclic) bond motifs is 1. The largest absolute Gasteiger partial charge is 0.480 e. The van der Waals surface area contributed by atoms with Crippen LogP contribution in [0.15, 0.2) is 30.6 Å². The fraction of sp³-hybridized carbons (Fsp3) is 0.400. The summed E-state index contributed by atoms with van der Waals surface area (Å²) in [4.78, 5) is 28.1. The van der Waals surface area contributed by atoms with Crippen molar-refractivity contribution in [2.75, 3.05) is 6.61 Å². The van der Waals surface area contributed by atoms with Gasteiger partial charge in [-0.05, 0) is 25.5 Å². The van der Waals surface area contributed by atoms with E-state index in [9.17, 15) is 14.7 Å². The molecule has 0 aliphatic heterocycles. The van der Waals surface area contributed by atoms with Gasteiger partial charge in [0.05, 0.1) is 12.3 Å². The van der Waals surface area contributed by atoms with E-state index in [-0.39, 0.29) is 19.4 Å². The molecule has 2 heterocycles. The molecule has 2 rings (SSSR count). The van der Waals surface area contributed by atoms with E-state index in [4.69, 9.17) is 4.74 Å². The number of carbonyl (C=O) groups excluding carboxylic acids is 1. The summed E-state index contributed by atoms with van der Waals surface area (Å²) >= 11 is 0. The molecule has 112 valence electrons. The molecule has 6 heteroatoms. The second-order valence-electron chi connectivity index (χ2n) is 4.84. The Bertz CT molecular complexity index is 631. The Hall–Kier alpha value is -2.37. The number of hydrogen-bond donors (Lipinski definition) is 1. The lowest BCUT2D eigenvalue weighted by Crippen LogP contribution is -2.42. The molecule has 0 bridgehead atoms. The van der Waals surface area contributed by atoms with Gasteiger partial charge in [-0.15, -0.1) is 0 Å². The number of pyridine rings is 1. The number of nitrogens with zero attached hydrogens (tertiary/aromatic N) is 2. The molecule has 0 aliphatic carbocycles. The number of esters is 1. The molecule has 0 saturated carbocycles. The van der Waals surface area contributed by atoms with Gasteiger partial charge in [0, 0.05) is 18.8 Å². The van der Waals surface area contributed by atoms with Gasteiger partial charge in [0.2, 0.25) is 0 Å². The van der Waals surface area contributed by atoms with Crippen LogP contribution in [0, 0.1) is 5.41 Å². The van der Waals surface area contributed by atoms with Crippen LogP contribution in [-0.2, 0) is 20.7 Å². The quantitative estimate of drug-likeness (QED) is 0.649. The van der Waals surface area contributed by atoms with Crippen molar-refractivity contribution in [2.24, 2.45) is 5.41 Å². The molecule has 1 N–H and O–H groups in total. The number of hydrogen-bond acceptors (Lipinski definition) is 4. The summed E-state index contributed by atoms with van der Waals surface area (Å²) < 4.78 is 6.75. The second-order valence-corrected chi connectivity index (χ2v) is 4.84. The fourth-order valence-electron chi connectivity index (χ4n) is 2.31. The predicted octanol–water partition coefficient (Wildman–Crippen LogP) is 1.92. The first-order chi connectivity index (χ1) is 10.0. The molecule has 1 atom stereocenters. The Morgan fingerprint density at radius 3 is 2.71 bits per heavy atom. The van der Waals surface area contributed by atoms with Crippen molar-refractivity contribution in [3.8, 4) is 0 Å². The molecule has 0 spiro atoms. The summed E-state index contributed by atoms with van der Waals surface area (Å²) in [6.45, 7) is 3.48. The summed E-state index contributed by atoms with van der Waals surface area (Å²) in [5.41, 5.74) is -0.321. The summed E-state index contributed by atoms with van der Waals surface area (Å²) in [6, 6.07) is 5.53. The van der Waals surface area contributed by atoms with Crippen LogP contribution in [0.5, 0.6) is 0 Å². The Balaban J connectivity index is 2.38. The molecule has 0 amide bonds. The molecule has 0 radical (unpaired) electrons. The third-order valence-electron chi connectivity index (χ3n) is 3.58. The van der Waals surface area contributed by atoms with Crippen LogP contribution in [0.25, 0.3) is 5.65 Å². The van der Waals surface area contributed by atoms with Gasteiger partial charge in [-0.2, -0.15) is 0 Å². The predicted molar refractivity (Wildman–Crippen MR) is 75.9 cm³/mol. The topological polar surface area (TPSA) is 80.9 Å². The van der Waals surface area contributed by atoms with Crippen molar-refractivity contribution in [2.45, 2.75) is 26.7 Å². The molecule has 2 aromatic rings. The van der Waals surface area contributed by atoms with Crippen LogP contribution < -0.4 is 0 Å². The zero-order valence-electron chi connectivity index (χ0n) is 12.1. The second kappa shape index (κ2) is 5.95. The molecule has 0 aliphatic rings.